The Labute approximate surface area is 201 Å². The molecule has 0 aliphatic carbocycles. The maximum Gasteiger partial charge on any atom is 0.290 e. The van der Waals surface area contributed by atoms with Crippen molar-refractivity contribution in [1.29, 1.82) is 0 Å². The maximum atomic E-state index is 13.6. The number of hydrogen-bond acceptors (Lipinski definition) is 6. The van der Waals surface area contributed by atoms with Gasteiger partial charge in [0.05, 0.1) is 18.2 Å². The number of fused-ring (bicyclic) bond motifs is 1. The molecule has 7 nitrogen and oxygen atoms in total. The maximum absolute atomic E-state index is 13.6. The monoisotopic (exact) mass is 469 g/mol. The zero-order valence-electron chi connectivity index (χ0n) is 19.0. The molecule has 0 saturated carbocycles. The van der Waals surface area contributed by atoms with Gasteiger partial charge < -0.3 is 23.9 Å². The molecular weight excluding hydrogens is 446 g/mol. The average molecular weight is 469 g/mol. The van der Waals surface area contributed by atoms with Crippen LogP contribution in [0.5, 0.6) is 11.5 Å². The van der Waals surface area contributed by atoms with Gasteiger partial charge in [0.25, 0.3) is 5.91 Å². The molecule has 35 heavy (non-hydrogen) atoms. The number of nitrogens with zero attached hydrogens (tertiary/aromatic N) is 1. The molecule has 0 radical (unpaired) electrons. The van der Waals surface area contributed by atoms with E-state index >= 15 is 0 Å². The van der Waals surface area contributed by atoms with E-state index in [9.17, 15) is 14.7 Å². The number of amides is 1. The van der Waals surface area contributed by atoms with Crippen molar-refractivity contribution in [3.05, 3.63) is 108 Å². The van der Waals surface area contributed by atoms with E-state index in [0.717, 1.165) is 5.39 Å². The third kappa shape index (κ3) is 4.29. The van der Waals surface area contributed by atoms with Crippen molar-refractivity contribution in [2.75, 3.05) is 20.3 Å². The van der Waals surface area contributed by atoms with Gasteiger partial charge in [-0.1, -0.05) is 48.5 Å². The third-order valence-electron chi connectivity index (χ3n) is 5.89. The lowest BCUT2D eigenvalue weighted by Gasteiger charge is -2.26. The van der Waals surface area contributed by atoms with Crippen LogP contribution < -0.4 is 4.74 Å². The van der Waals surface area contributed by atoms with E-state index in [0.29, 0.717) is 22.6 Å². The Bertz CT molecular complexity index is 1390. The van der Waals surface area contributed by atoms with E-state index in [1.165, 1.54) is 12.0 Å². The highest BCUT2D eigenvalue weighted by molar-refractivity contribution is 6.16. The highest BCUT2D eigenvalue weighted by atomic mass is 16.5. The molecule has 1 N–H and O–H groups in total. The zero-order valence-corrected chi connectivity index (χ0v) is 19.0. The fraction of sp³-hybridized carbons (Fsp3) is 0.143. The van der Waals surface area contributed by atoms with Gasteiger partial charge in [0, 0.05) is 19.0 Å². The number of ether oxygens (including phenoxy) is 2. The predicted molar refractivity (Wildman–Crippen MR) is 129 cm³/mol. The molecule has 176 valence electrons. The Morgan fingerprint density at radius 3 is 2.49 bits per heavy atom. The van der Waals surface area contributed by atoms with Crippen molar-refractivity contribution in [1.82, 2.24) is 4.90 Å². The van der Waals surface area contributed by atoms with Gasteiger partial charge in [-0.05, 0) is 42.0 Å². The van der Waals surface area contributed by atoms with Gasteiger partial charge in [-0.25, -0.2) is 0 Å². The van der Waals surface area contributed by atoms with Crippen LogP contribution in [0.4, 0.5) is 0 Å². The molecule has 0 saturated heterocycles. The molecule has 4 aromatic rings. The molecule has 1 atom stereocenters. The van der Waals surface area contributed by atoms with Crippen molar-refractivity contribution in [2.24, 2.45) is 0 Å². The fourth-order valence-electron chi connectivity index (χ4n) is 4.25. The number of furan rings is 1. The van der Waals surface area contributed by atoms with Crippen LogP contribution in [0.25, 0.3) is 11.0 Å². The van der Waals surface area contributed by atoms with E-state index in [2.05, 4.69) is 0 Å². The number of carbonyl (C=O) groups is 2. The summed E-state index contributed by atoms with van der Waals surface area (Å²) < 4.78 is 16.9. The summed E-state index contributed by atoms with van der Waals surface area (Å²) in [7, 11) is 1.53. The summed E-state index contributed by atoms with van der Waals surface area (Å²) >= 11 is 0. The Morgan fingerprint density at radius 1 is 0.971 bits per heavy atom. The van der Waals surface area contributed by atoms with Gasteiger partial charge in [-0.3, -0.25) is 9.59 Å². The largest absolute Gasteiger partial charge is 0.503 e. The quantitative estimate of drug-likeness (QED) is 0.345. The third-order valence-corrected chi connectivity index (χ3v) is 5.89. The van der Waals surface area contributed by atoms with E-state index in [1.54, 1.807) is 36.4 Å². The molecule has 0 fully saturated rings. The first-order chi connectivity index (χ1) is 17.1. The topological polar surface area (TPSA) is 89.2 Å². The van der Waals surface area contributed by atoms with Crippen molar-refractivity contribution in [3.63, 3.8) is 0 Å². The minimum absolute atomic E-state index is 0.0398. The molecule has 0 spiro atoms. The lowest BCUT2D eigenvalue weighted by molar-refractivity contribution is -0.130. The number of carbonyl (C=O) groups excluding carboxylic acids is 2. The highest BCUT2D eigenvalue weighted by Crippen LogP contribution is 2.40. The van der Waals surface area contributed by atoms with Crippen LogP contribution in [0.2, 0.25) is 0 Å². The minimum Gasteiger partial charge on any atom is -0.503 e. The lowest BCUT2D eigenvalue weighted by atomic mass is 9.95. The van der Waals surface area contributed by atoms with E-state index in [4.69, 9.17) is 13.9 Å². The van der Waals surface area contributed by atoms with Crippen molar-refractivity contribution in [2.45, 2.75) is 6.04 Å². The Hall–Kier alpha value is -4.36. The second-order valence-corrected chi connectivity index (χ2v) is 8.12. The minimum atomic E-state index is -0.835. The number of hydrogen-bond donors (Lipinski definition) is 1. The molecule has 1 aliphatic rings. The highest BCUT2D eigenvalue weighted by Gasteiger charge is 2.44. The summed E-state index contributed by atoms with van der Waals surface area (Å²) in [4.78, 5) is 28.1. The molecule has 1 aliphatic heterocycles. The SMILES string of the molecule is COCCN1C(=O)C(O)=C(C(=O)c2cc3ccccc3o2)C1c1cccc(Oc2ccccc2)c1. The summed E-state index contributed by atoms with van der Waals surface area (Å²) in [6.07, 6.45) is 0. The van der Waals surface area contributed by atoms with E-state index in [-0.39, 0.29) is 24.5 Å². The van der Waals surface area contributed by atoms with Crippen molar-refractivity contribution < 1.29 is 28.6 Å². The van der Waals surface area contributed by atoms with Crippen LogP contribution in [-0.4, -0.2) is 42.0 Å². The van der Waals surface area contributed by atoms with Crippen molar-refractivity contribution >= 4 is 22.7 Å². The lowest BCUT2D eigenvalue weighted by Crippen LogP contribution is -2.34. The fourth-order valence-corrected chi connectivity index (χ4v) is 4.25. The average Bonchev–Trinajstić information content (AvgIpc) is 3.42. The summed E-state index contributed by atoms with van der Waals surface area (Å²) in [5.41, 5.74) is 1.12. The van der Waals surface area contributed by atoms with Crippen LogP contribution in [-0.2, 0) is 9.53 Å². The van der Waals surface area contributed by atoms with Gasteiger partial charge in [-0.2, -0.15) is 0 Å². The number of rotatable bonds is 8. The predicted octanol–water partition coefficient (Wildman–Crippen LogP) is 5.45. The van der Waals surface area contributed by atoms with Crippen LogP contribution in [0, 0.1) is 0 Å². The molecule has 3 aromatic carbocycles. The number of para-hydroxylation sites is 2. The van der Waals surface area contributed by atoms with Gasteiger partial charge >= 0.3 is 0 Å². The normalized spacial score (nSPS) is 15.7. The van der Waals surface area contributed by atoms with Crippen LogP contribution in [0.1, 0.15) is 22.2 Å². The summed E-state index contributed by atoms with van der Waals surface area (Å²) in [6, 6.07) is 24.4. The van der Waals surface area contributed by atoms with Gasteiger partial charge in [0.1, 0.15) is 17.1 Å². The van der Waals surface area contributed by atoms with E-state index < -0.39 is 23.5 Å². The molecule has 0 bridgehead atoms. The standard InChI is InChI=1S/C28H23NO6/c1-33-15-14-29-25(19-9-7-12-21(16-19)34-20-10-3-2-4-11-20)24(27(31)28(29)32)26(30)23-17-18-8-5-6-13-22(18)35-23/h2-13,16-17,25,31H,14-15H2,1H3. The smallest absolute Gasteiger partial charge is 0.290 e. The number of ketones is 1. The second kappa shape index (κ2) is 9.48. The van der Waals surface area contributed by atoms with Gasteiger partial charge in [0.2, 0.25) is 5.78 Å². The summed E-state index contributed by atoms with van der Waals surface area (Å²) in [6.45, 7) is 0.423. The van der Waals surface area contributed by atoms with E-state index in [1.807, 2.05) is 48.5 Å². The Balaban J connectivity index is 1.55. The number of methoxy groups -OCH3 is 1. The van der Waals surface area contributed by atoms with Crippen LogP contribution in [0.15, 0.2) is 101 Å². The number of Topliss-reactive ketones (excluding diaryl/α,β-unsaturated/α-hetero) is 1. The first-order valence-electron chi connectivity index (χ1n) is 11.2. The second-order valence-electron chi connectivity index (χ2n) is 8.12. The van der Waals surface area contributed by atoms with Gasteiger partial charge in [-0.15, -0.1) is 0 Å². The molecule has 1 aromatic heterocycles. The first-order valence-corrected chi connectivity index (χ1v) is 11.2. The Morgan fingerprint density at radius 2 is 1.71 bits per heavy atom. The summed E-state index contributed by atoms with van der Waals surface area (Å²) in [5.74, 6) is -0.538. The molecule has 1 amide bonds. The first kappa shape index (κ1) is 22.4. The summed E-state index contributed by atoms with van der Waals surface area (Å²) in [5, 5.41) is 11.6. The molecule has 2 heterocycles. The van der Waals surface area contributed by atoms with Crippen molar-refractivity contribution in [3.8, 4) is 11.5 Å². The van der Waals surface area contributed by atoms with Crippen LogP contribution in [0.3, 0.4) is 0 Å². The number of aliphatic hydroxyl groups excluding tert-OH is 1. The van der Waals surface area contributed by atoms with Crippen LogP contribution >= 0.6 is 0 Å². The number of benzene rings is 3. The molecule has 7 heteroatoms. The Kier molecular flexibility index (Phi) is 6.08. The molecule has 5 rings (SSSR count). The zero-order chi connectivity index (χ0) is 24.4. The molecular formula is C28H23NO6. The molecule has 1 unspecified atom stereocenters. The number of aliphatic hydroxyl groups is 1. The van der Waals surface area contributed by atoms with Gasteiger partial charge in [0.15, 0.2) is 11.5 Å².